The summed E-state index contributed by atoms with van der Waals surface area (Å²) < 4.78 is 19.3. The number of halogens is 1. The van der Waals surface area contributed by atoms with E-state index in [1.807, 2.05) is 0 Å². The molecule has 1 N–H and O–H groups in total. The molecule has 3 heterocycles. The molecule has 27 heavy (non-hydrogen) atoms. The number of methoxy groups -OCH3 is 1. The molecule has 0 unspecified atom stereocenters. The average molecular weight is 367 g/mol. The third-order valence-corrected chi connectivity index (χ3v) is 4.64. The molecule has 1 aromatic carbocycles. The number of aromatic amines is 1. The van der Waals surface area contributed by atoms with Gasteiger partial charge in [-0.2, -0.15) is 0 Å². The van der Waals surface area contributed by atoms with Crippen molar-refractivity contribution < 1.29 is 9.13 Å². The minimum Gasteiger partial charge on any atom is -0.497 e. The first-order valence-corrected chi connectivity index (χ1v) is 8.56. The summed E-state index contributed by atoms with van der Waals surface area (Å²) in [7, 11) is 1.51. The van der Waals surface area contributed by atoms with Crippen LogP contribution in [0.2, 0.25) is 0 Å². The van der Waals surface area contributed by atoms with Crippen LogP contribution in [0.4, 0.5) is 4.39 Å². The predicted molar refractivity (Wildman–Crippen MR) is 96.7 cm³/mol. The van der Waals surface area contributed by atoms with Gasteiger partial charge in [-0.15, -0.1) is 0 Å². The van der Waals surface area contributed by atoms with Gasteiger partial charge < -0.3 is 9.72 Å². The van der Waals surface area contributed by atoms with Crippen LogP contribution in [0.1, 0.15) is 16.8 Å². The van der Waals surface area contributed by atoms with Gasteiger partial charge >= 0.3 is 0 Å². The molecule has 138 valence electrons. The molecule has 0 saturated heterocycles. The topological polar surface area (TPSA) is 84.0 Å². The van der Waals surface area contributed by atoms with Crippen molar-refractivity contribution in [2.75, 3.05) is 13.7 Å². The second-order valence-electron chi connectivity index (χ2n) is 6.38. The number of ether oxygens (including phenoxy) is 1. The van der Waals surface area contributed by atoms with Gasteiger partial charge in [0.05, 0.1) is 18.4 Å². The second-order valence-corrected chi connectivity index (χ2v) is 6.38. The summed E-state index contributed by atoms with van der Waals surface area (Å²) in [5.41, 5.74) is 2.48. The van der Waals surface area contributed by atoms with Crippen LogP contribution in [0.3, 0.4) is 0 Å². The molecule has 0 atom stereocenters. The van der Waals surface area contributed by atoms with E-state index in [-0.39, 0.29) is 11.4 Å². The number of nitrogens with one attached hydrogen (secondary N) is 1. The zero-order valence-corrected chi connectivity index (χ0v) is 14.8. The predicted octanol–water partition coefficient (Wildman–Crippen LogP) is 1.93. The van der Waals surface area contributed by atoms with Crippen molar-refractivity contribution >= 4 is 0 Å². The van der Waals surface area contributed by atoms with E-state index in [0.29, 0.717) is 60.0 Å². The molecule has 3 aromatic rings. The summed E-state index contributed by atoms with van der Waals surface area (Å²) >= 11 is 0. The van der Waals surface area contributed by atoms with E-state index in [0.717, 1.165) is 0 Å². The van der Waals surface area contributed by atoms with E-state index in [9.17, 15) is 9.18 Å². The summed E-state index contributed by atoms with van der Waals surface area (Å²) in [5.74, 6) is 0.626. The van der Waals surface area contributed by atoms with Gasteiger partial charge in [0.2, 0.25) is 0 Å². The van der Waals surface area contributed by atoms with Crippen LogP contribution in [-0.4, -0.2) is 38.5 Å². The van der Waals surface area contributed by atoms with E-state index >= 15 is 0 Å². The largest absolute Gasteiger partial charge is 0.497 e. The Labute approximate surface area is 154 Å². The number of hydrogen-bond acceptors (Lipinski definition) is 6. The van der Waals surface area contributed by atoms with E-state index in [2.05, 4.69) is 24.8 Å². The summed E-state index contributed by atoms with van der Waals surface area (Å²) in [6.07, 6.45) is 5.20. The van der Waals surface area contributed by atoms with E-state index in [1.165, 1.54) is 19.5 Å². The normalized spacial score (nSPS) is 14.0. The Morgan fingerprint density at radius 3 is 2.85 bits per heavy atom. The lowest BCUT2D eigenvalue weighted by Crippen LogP contribution is -2.35. The van der Waals surface area contributed by atoms with Crippen molar-refractivity contribution in [3.8, 4) is 17.1 Å². The maximum Gasteiger partial charge on any atom is 0.254 e. The van der Waals surface area contributed by atoms with Crippen LogP contribution >= 0.6 is 0 Å². The first-order chi connectivity index (χ1) is 13.1. The molecule has 0 bridgehead atoms. The third kappa shape index (κ3) is 3.56. The molecule has 1 aliphatic rings. The summed E-state index contributed by atoms with van der Waals surface area (Å²) in [6, 6.07) is 4.85. The fourth-order valence-electron chi connectivity index (χ4n) is 3.21. The van der Waals surface area contributed by atoms with Gasteiger partial charge in [-0.1, -0.05) is 6.07 Å². The third-order valence-electron chi connectivity index (χ3n) is 4.64. The maximum atomic E-state index is 14.2. The van der Waals surface area contributed by atoms with Crippen molar-refractivity contribution in [2.24, 2.45) is 0 Å². The minimum atomic E-state index is -0.305. The smallest absolute Gasteiger partial charge is 0.254 e. The zero-order chi connectivity index (χ0) is 18.8. The van der Waals surface area contributed by atoms with Gasteiger partial charge in [0.25, 0.3) is 5.56 Å². The molecule has 8 heteroatoms. The van der Waals surface area contributed by atoms with Crippen LogP contribution in [-0.2, 0) is 19.5 Å². The van der Waals surface area contributed by atoms with Gasteiger partial charge in [-0.3, -0.25) is 9.69 Å². The summed E-state index contributed by atoms with van der Waals surface area (Å²) in [6.45, 7) is 1.58. The highest BCUT2D eigenvalue weighted by Gasteiger charge is 2.22. The van der Waals surface area contributed by atoms with Crippen LogP contribution in [0, 0.1) is 5.82 Å². The molecule has 0 saturated carbocycles. The van der Waals surface area contributed by atoms with Gasteiger partial charge in [0.1, 0.15) is 23.7 Å². The Hall–Kier alpha value is -3.13. The van der Waals surface area contributed by atoms with Crippen LogP contribution in [0.5, 0.6) is 5.75 Å². The van der Waals surface area contributed by atoms with Gasteiger partial charge in [-0.25, -0.2) is 19.3 Å². The summed E-state index contributed by atoms with van der Waals surface area (Å²) in [4.78, 5) is 29.8. The standard InChI is InChI=1S/C19H18FN5O2/c1-27-14-3-2-12(16(20)6-14)9-25-5-4-15-17(10-25)23-18(24-19(15)26)13-7-21-11-22-8-13/h2-3,6-8,11H,4-5,9-10H2,1H3,(H,23,24,26). The lowest BCUT2D eigenvalue weighted by Gasteiger charge is -2.27. The molecule has 0 aliphatic carbocycles. The van der Waals surface area contributed by atoms with Crippen molar-refractivity contribution in [3.63, 3.8) is 0 Å². The molecule has 4 rings (SSSR count). The number of benzene rings is 1. The maximum absolute atomic E-state index is 14.2. The monoisotopic (exact) mass is 367 g/mol. The van der Waals surface area contributed by atoms with Crippen molar-refractivity contribution in [1.29, 1.82) is 0 Å². The number of H-pyrrole nitrogens is 1. The first kappa shape index (κ1) is 17.3. The highest BCUT2D eigenvalue weighted by atomic mass is 19.1. The van der Waals surface area contributed by atoms with E-state index < -0.39 is 0 Å². The number of nitrogens with zero attached hydrogens (tertiary/aromatic N) is 4. The lowest BCUT2D eigenvalue weighted by molar-refractivity contribution is 0.237. The second kappa shape index (κ2) is 7.24. The van der Waals surface area contributed by atoms with Crippen LogP contribution in [0.25, 0.3) is 11.4 Å². The Kier molecular flexibility index (Phi) is 4.64. The van der Waals surface area contributed by atoms with Gasteiger partial charge in [0.15, 0.2) is 0 Å². The SMILES string of the molecule is COc1ccc(CN2CCc3c(nc(-c4cncnc4)[nH]c3=O)C2)c(F)c1. The number of rotatable bonds is 4. The fourth-order valence-corrected chi connectivity index (χ4v) is 3.21. The van der Waals surface area contributed by atoms with Crippen molar-refractivity contribution in [2.45, 2.75) is 19.5 Å². The molecule has 0 amide bonds. The molecular formula is C19H18FN5O2. The highest BCUT2D eigenvalue weighted by molar-refractivity contribution is 5.52. The van der Waals surface area contributed by atoms with E-state index in [4.69, 9.17) is 4.74 Å². The molecule has 2 aromatic heterocycles. The molecule has 1 aliphatic heterocycles. The lowest BCUT2D eigenvalue weighted by atomic mass is 10.0. The number of aromatic nitrogens is 4. The van der Waals surface area contributed by atoms with Crippen LogP contribution in [0.15, 0.2) is 41.7 Å². The van der Waals surface area contributed by atoms with Crippen LogP contribution < -0.4 is 10.3 Å². The zero-order valence-electron chi connectivity index (χ0n) is 14.8. The Morgan fingerprint density at radius 2 is 2.11 bits per heavy atom. The van der Waals surface area contributed by atoms with Crippen molar-refractivity contribution in [3.05, 3.63) is 69.9 Å². The Morgan fingerprint density at radius 1 is 1.30 bits per heavy atom. The van der Waals surface area contributed by atoms with Crippen molar-refractivity contribution in [1.82, 2.24) is 24.8 Å². The van der Waals surface area contributed by atoms with Gasteiger partial charge in [0, 0.05) is 49.2 Å². The molecule has 7 nitrogen and oxygen atoms in total. The molecule has 0 fully saturated rings. The Bertz CT molecular complexity index is 1020. The fraction of sp³-hybridized carbons (Fsp3) is 0.263. The molecular weight excluding hydrogens is 349 g/mol. The minimum absolute atomic E-state index is 0.144. The number of hydrogen-bond donors (Lipinski definition) is 1. The quantitative estimate of drug-likeness (QED) is 0.759. The van der Waals surface area contributed by atoms with E-state index in [1.54, 1.807) is 24.5 Å². The molecule has 0 radical (unpaired) electrons. The average Bonchev–Trinajstić information content (AvgIpc) is 2.70. The molecule has 0 spiro atoms. The van der Waals surface area contributed by atoms with Gasteiger partial charge in [-0.05, 0) is 12.5 Å². The number of fused-ring (bicyclic) bond motifs is 1. The summed E-state index contributed by atoms with van der Waals surface area (Å²) in [5, 5.41) is 0. The highest BCUT2D eigenvalue weighted by Crippen LogP contribution is 2.22. The first-order valence-electron chi connectivity index (χ1n) is 8.56. The Balaban J connectivity index is 1.59.